The van der Waals surface area contributed by atoms with Gasteiger partial charge in [-0.15, -0.1) is 0 Å². The van der Waals surface area contributed by atoms with Crippen LogP contribution in [-0.4, -0.2) is 24.8 Å². The third-order valence-electron chi connectivity index (χ3n) is 6.12. The number of benzene rings is 2. The highest BCUT2D eigenvalue weighted by molar-refractivity contribution is 8.03. The number of quaternary nitrogens is 1. The zero-order valence-corrected chi connectivity index (χ0v) is 23.6. The van der Waals surface area contributed by atoms with E-state index < -0.39 is 15.4 Å². The Labute approximate surface area is 224 Å². The molecule has 10 heteroatoms. The van der Waals surface area contributed by atoms with E-state index in [9.17, 15) is 13.0 Å². The Hall–Kier alpha value is -1.39. The van der Waals surface area contributed by atoms with Crippen molar-refractivity contribution >= 4 is 78.4 Å². The van der Waals surface area contributed by atoms with Gasteiger partial charge in [0.15, 0.2) is 10.7 Å². The molecule has 2 aromatic carbocycles. The fourth-order valence-corrected chi connectivity index (χ4v) is 7.23. The first-order valence-corrected chi connectivity index (χ1v) is 15.3. The van der Waals surface area contributed by atoms with Crippen LogP contribution >= 0.6 is 46.3 Å². The van der Waals surface area contributed by atoms with Gasteiger partial charge in [0.05, 0.1) is 26.8 Å². The summed E-state index contributed by atoms with van der Waals surface area (Å²) in [5.41, 5.74) is 3.30. The first-order chi connectivity index (χ1) is 16.6. The van der Waals surface area contributed by atoms with Crippen molar-refractivity contribution in [2.75, 3.05) is 6.54 Å². The summed E-state index contributed by atoms with van der Waals surface area (Å²) in [6.07, 6.45) is 5.50. The maximum absolute atomic E-state index is 11.5. The second kappa shape index (κ2) is 10.9. The number of halogens is 2. The summed E-state index contributed by atoms with van der Waals surface area (Å²) in [5, 5.41) is 2.62. The molecule has 0 aliphatic carbocycles. The highest BCUT2D eigenvalue weighted by Crippen LogP contribution is 2.38. The lowest BCUT2D eigenvalue weighted by atomic mass is 10.2. The van der Waals surface area contributed by atoms with E-state index in [2.05, 4.69) is 36.6 Å². The van der Waals surface area contributed by atoms with Crippen molar-refractivity contribution in [3.63, 3.8) is 0 Å². The number of rotatable bonds is 8. The van der Waals surface area contributed by atoms with E-state index in [1.165, 1.54) is 11.6 Å². The molecule has 1 aromatic heterocycles. The monoisotopic (exact) mass is 569 g/mol. The van der Waals surface area contributed by atoms with Crippen LogP contribution in [0.5, 0.6) is 0 Å². The number of hydrogen-bond acceptors (Lipinski definition) is 5. The van der Waals surface area contributed by atoms with Crippen molar-refractivity contribution in [1.29, 1.82) is 0 Å². The van der Waals surface area contributed by atoms with Gasteiger partial charge < -0.3 is 4.55 Å². The highest BCUT2D eigenvalue weighted by atomic mass is 35.5. The molecule has 0 spiro atoms. The number of hydrogen-bond donors (Lipinski definition) is 1. The summed E-state index contributed by atoms with van der Waals surface area (Å²) >= 11 is 15.9. The lowest BCUT2D eigenvalue weighted by molar-refractivity contribution is -0.780. The van der Waals surface area contributed by atoms with E-state index in [0.29, 0.717) is 11.6 Å². The number of nitrogens with one attached hydrogen (secondary N) is 1. The maximum atomic E-state index is 11.5. The minimum atomic E-state index is -4.33. The third kappa shape index (κ3) is 5.96. The SMILES string of the molecule is CCC(=Cc1sc2ccc(Cl)cc2[n+]1CC)C=C1Sc2ccc(Cl)cc2[NH+]1CCC(C)S(=O)(=O)[O-]. The maximum Gasteiger partial charge on any atom is 0.263 e. The van der Waals surface area contributed by atoms with Crippen LogP contribution in [-0.2, 0) is 16.7 Å². The average molecular weight is 571 g/mol. The van der Waals surface area contributed by atoms with Crippen molar-refractivity contribution < 1.29 is 22.4 Å². The second-order valence-corrected chi connectivity index (χ2v) is 13.3. The van der Waals surface area contributed by atoms with Crippen LogP contribution in [0.2, 0.25) is 10.0 Å². The minimum absolute atomic E-state index is 0.267. The van der Waals surface area contributed by atoms with Crippen LogP contribution in [0.15, 0.2) is 58.0 Å². The van der Waals surface area contributed by atoms with Crippen LogP contribution in [0, 0.1) is 0 Å². The van der Waals surface area contributed by atoms with Crippen molar-refractivity contribution in [2.24, 2.45) is 0 Å². The molecule has 0 saturated heterocycles. The predicted molar refractivity (Wildman–Crippen MR) is 146 cm³/mol. The second-order valence-electron chi connectivity index (χ2n) is 8.44. The quantitative estimate of drug-likeness (QED) is 0.275. The van der Waals surface area contributed by atoms with Gasteiger partial charge in [0.25, 0.3) is 5.01 Å². The summed E-state index contributed by atoms with van der Waals surface area (Å²) in [7, 11) is -4.33. The van der Waals surface area contributed by atoms with Gasteiger partial charge in [0.1, 0.15) is 11.2 Å². The van der Waals surface area contributed by atoms with Gasteiger partial charge in [0.2, 0.25) is 5.52 Å². The molecular weight excluding hydrogens is 543 g/mol. The van der Waals surface area contributed by atoms with Gasteiger partial charge >= 0.3 is 0 Å². The molecule has 1 aliphatic heterocycles. The number of aromatic nitrogens is 1. The lowest BCUT2D eigenvalue weighted by Gasteiger charge is -2.19. The molecule has 186 valence electrons. The number of nitrogens with zero attached hydrogens (tertiary/aromatic N) is 1. The molecule has 0 bridgehead atoms. The number of aryl methyl sites for hydroxylation is 1. The van der Waals surface area contributed by atoms with Gasteiger partial charge in [-0.05, 0) is 61.9 Å². The molecular formula is C25H27Cl2N2O3S3+. The molecule has 35 heavy (non-hydrogen) atoms. The molecule has 2 unspecified atom stereocenters. The Morgan fingerprint density at radius 1 is 1.17 bits per heavy atom. The van der Waals surface area contributed by atoms with Crippen LogP contribution < -0.4 is 9.47 Å². The van der Waals surface area contributed by atoms with Gasteiger partial charge in [-0.25, -0.2) is 8.42 Å². The molecule has 1 N–H and O–H groups in total. The fraction of sp³-hybridized carbons (Fsp3) is 0.320. The third-order valence-corrected chi connectivity index (χ3v) is 10.1. The Kier molecular flexibility index (Phi) is 8.32. The van der Waals surface area contributed by atoms with Crippen LogP contribution in [0.1, 0.15) is 38.6 Å². The summed E-state index contributed by atoms with van der Waals surface area (Å²) < 4.78 is 37.9. The normalized spacial score (nSPS) is 18.4. The Bertz CT molecular complexity index is 1430. The fourth-order valence-electron chi connectivity index (χ4n) is 4.09. The van der Waals surface area contributed by atoms with Crippen molar-refractivity contribution in [3.8, 4) is 0 Å². The number of fused-ring (bicyclic) bond motifs is 2. The molecule has 1 aliphatic rings. The molecule has 2 atom stereocenters. The number of thiazole rings is 1. The number of thioether (sulfide) groups is 1. The van der Waals surface area contributed by atoms with E-state index in [-0.39, 0.29) is 6.42 Å². The number of allylic oxidation sites excluding steroid dienone is 2. The van der Waals surface area contributed by atoms with Gasteiger partial charge in [0, 0.05) is 40.8 Å². The Morgan fingerprint density at radius 3 is 2.57 bits per heavy atom. The first-order valence-electron chi connectivity index (χ1n) is 11.4. The van der Waals surface area contributed by atoms with Crippen LogP contribution in [0.4, 0.5) is 5.69 Å². The Morgan fingerprint density at radius 2 is 1.89 bits per heavy atom. The van der Waals surface area contributed by atoms with E-state index in [1.54, 1.807) is 23.1 Å². The molecule has 0 saturated carbocycles. The standard InChI is InChI=1S/C25H26Cl2N2O3S3/c1-4-17(12-24-28(5-2)20-14-18(26)6-8-22(20)33-24)13-25-29(11-10-16(3)35(30,31)32)21-15-19(27)7-9-23(21)34-25/h6-9,12-16H,4-5,10-11H2,1-3H3/p+1. The molecule has 0 fully saturated rings. The molecule has 3 aromatic rings. The summed E-state index contributed by atoms with van der Waals surface area (Å²) in [6, 6.07) is 11.8. The van der Waals surface area contributed by atoms with Crippen LogP contribution in [0.25, 0.3) is 16.3 Å². The first kappa shape index (κ1) is 26.7. The predicted octanol–water partition coefficient (Wildman–Crippen LogP) is 5.80. The molecule has 0 radical (unpaired) electrons. The van der Waals surface area contributed by atoms with Crippen molar-refractivity contribution in [3.05, 3.63) is 68.1 Å². The van der Waals surface area contributed by atoms with E-state index in [0.717, 1.165) is 54.6 Å². The molecule has 5 nitrogen and oxygen atoms in total. The summed E-state index contributed by atoms with van der Waals surface area (Å²) in [4.78, 5) is 2.12. The molecule has 4 rings (SSSR count). The van der Waals surface area contributed by atoms with E-state index in [1.807, 2.05) is 30.3 Å². The average Bonchev–Trinajstić information content (AvgIpc) is 3.32. The summed E-state index contributed by atoms with van der Waals surface area (Å²) in [5.74, 6) is 0. The zero-order valence-electron chi connectivity index (χ0n) is 19.7. The minimum Gasteiger partial charge on any atom is -0.748 e. The Balaban J connectivity index is 1.72. The topological polar surface area (TPSA) is 65.5 Å². The van der Waals surface area contributed by atoms with Gasteiger partial charge in [-0.2, -0.15) is 4.57 Å². The van der Waals surface area contributed by atoms with Gasteiger partial charge in [-0.1, -0.05) is 41.5 Å². The molecule has 0 amide bonds. The van der Waals surface area contributed by atoms with Crippen molar-refractivity contribution in [2.45, 2.75) is 50.3 Å². The summed E-state index contributed by atoms with van der Waals surface area (Å²) in [6.45, 7) is 7.04. The van der Waals surface area contributed by atoms with Crippen molar-refractivity contribution in [1.82, 2.24) is 0 Å². The van der Waals surface area contributed by atoms with E-state index in [4.69, 9.17) is 23.2 Å². The lowest BCUT2D eigenvalue weighted by Crippen LogP contribution is -3.03. The smallest absolute Gasteiger partial charge is 0.263 e. The highest BCUT2D eigenvalue weighted by Gasteiger charge is 2.32. The largest absolute Gasteiger partial charge is 0.748 e. The molecule has 2 heterocycles. The van der Waals surface area contributed by atoms with Crippen LogP contribution in [0.3, 0.4) is 0 Å². The van der Waals surface area contributed by atoms with E-state index >= 15 is 0 Å². The zero-order chi connectivity index (χ0) is 25.3. The van der Waals surface area contributed by atoms with Gasteiger partial charge in [-0.3, -0.25) is 4.90 Å².